The van der Waals surface area contributed by atoms with E-state index in [-0.39, 0.29) is 0 Å². The third kappa shape index (κ3) is 8.80. The molecule has 0 aliphatic heterocycles. The molecule has 0 atom stereocenters. The molecule has 2 rings (SSSR count). The summed E-state index contributed by atoms with van der Waals surface area (Å²) in [6, 6.07) is 12.0. The van der Waals surface area contributed by atoms with Crippen LogP contribution in [0.5, 0.6) is 0 Å². The molecule has 5 heteroatoms. The van der Waals surface area contributed by atoms with Crippen molar-refractivity contribution >= 4 is 45.2 Å². The van der Waals surface area contributed by atoms with Gasteiger partial charge in [-0.15, -0.1) is 0 Å². The van der Waals surface area contributed by atoms with Gasteiger partial charge in [-0.05, 0) is 36.2 Å². The Morgan fingerprint density at radius 1 is 1.04 bits per heavy atom. The van der Waals surface area contributed by atoms with Crippen LogP contribution in [0.1, 0.15) is 44.6 Å². The molecule has 0 amide bonds. The predicted molar refractivity (Wildman–Crippen MR) is 115 cm³/mol. The van der Waals surface area contributed by atoms with Crippen LogP contribution in [0, 0.1) is 0 Å². The molecule has 25 heavy (non-hydrogen) atoms. The number of nitrogens with zero attached hydrogens (tertiary/aromatic N) is 2. The Kier molecular flexibility index (Phi) is 10.1. The number of aliphatic imine (C=N–C) groups is 1. The van der Waals surface area contributed by atoms with Gasteiger partial charge in [-0.3, -0.25) is 4.98 Å². The summed E-state index contributed by atoms with van der Waals surface area (Å²) >= 11 is 9.60. The van der Waals surface area contributed by atoms with E-state index >= 15 is 0 Å². The van der Waals surface area contributed by atoms with E-state index in [1.54, 1.807) is 18.0 Å². The molecule has 0 radical (unpaired) electrons. The summed E-state index contributed by atoms with van der Waals surface area (Å²) in [7, 11) is 0. The van der Waals surface area contributed by atoms with Crippen LogP contribution in [-0.4, -0.2) is 15.1 Å². The predicted octanol–water partition coefficient (Wildman–Crippen LogP) is 7.36. The molecular formula is C20H25ClN2S2. The third-order valence-electron chi connectivity index (χ3n) is 3.62. The van der Waals surface area contributed by atoms with Crippen LogP contribution in [0.2, 0.25) is 5.02 Å². The minimum atomic E-state index is 0.777. The van der Waals surface area contributed by atoms with Crippen LogP contribution in [0.4, 0.5) is 5.69 Å². The Morgan fingerprint density at radius 2 is 1.84 bits per heavy atom. The van der Waals surface area contributed by atoms with E-state index in [2.05, 4.69) is 24.0 Å². The molecule has 1 aromatic carbocycles. The molecule has 0 unspecified atom stereocenters. The topological polar surface area (TPSA) is 25.2 Å². The molecule has 0 aliphatic rings. The molecule has 2 nitrogen and oxygen atoms in total. The summed E-state index contributed by atoms with van der Waals surface area (Å²) in [6.07, 6.45) is 10.1. The Hall–Kier alpha value is -0.970. The Labute approximate surface area is 164 Å². The highest BCUT2D eigenvalue weighted by atomic mass is 35.5. The number of aromatic nitrogens is 1. The number of hydrogen-bond acceptors (Lipinski definition) is 4. The Balaban J connectivity index is 1.89. The molecule has 134 valence electrons. The van der Waals surface area contributed by atoms with Gasteiger partial charge in [0, 0.05) is 22.7 Å². The number of pyridine rings is 1. The van der Waals surface area contributed by atoms with E-state index in [4.69, 9.17) is 16.6 Å². The van der Waals surface area contributed by atoms with Gasteiger partial charge in [-0.2, -0.15) is 0 Å². The van der Waals surface area contributed by atoms with Crippen LogP contribution in [0.3, 0.4) is 0 Å². The highest BCUT2D eigenvalue weighted by Crippen LogP contribution is 2.26. The summed E-state index contributed by atoms with van der Waals surface area (Å²) in [5.74, 6) is 2.02. The number of thioether (sulfide) groups is 2. The van der Waals surface area contributed by atoms with E-state index in [1.165, 1.54) is 37.7 Å². The lowest BCUT2D eigenvalue weighted by Gasteiger charge is -2.07. The highest BCUT2D eigenvalue weighted by Gasteiger charge is 2.04. The normalized spacial score (nSPS) is 11.7. The monoisotopic (exact) mass is 392 g/mol. The van der Waals surface area contributed by atoms with Crippen LogP contribution >= 0.6 is 35.1 Å². The fourth-order valence-electron chi connectivity index (χ4n) is 2.22. The van der Waals surface area contributed by atoms with E-state index < -0.39 is 0 Å². The first kappa shape index (κ1) is 20.3. The van der Waals surface area contributed by atoms with Crippen molar-refractivity contribution in [1.82, 2.24) is 4.98 Å². The van der Waals surface area contributed by atoms with Gasteiger partial charge in [0.2, 0.25) is 0 Å². The minimum absolute atomic E-state index is 0.777. The van der Waals surface area contributed by atoms with Crippen LogP contribution in [0.15, 0.2) is 53.8 Å². The number of unbranched alkanes of at least 4 members (excludes halogenated alkanes) is 4. The van der Waals surface area contributed by atoms with Gasteiger partial charge in [0.1, 0.15) is 4.38 Å². The van der Waals surface area contributed by atoms with Gasteiger partial charge in [0.05, 0.1) is 11.9 Å². The highest BCUT2D eigenvalue weighted by molar-refractivity contribution is 8.38. The smallest absolute Gasteiger partial charge is 0.130 e. The van der Waals surface area contributed by atoms with E-state index in [0.29, 0.717) is 0 Å². The van der Waals surface area contributed by atoms with Crippen molar-refractivity contribution in [3.63, 3.8) is 0 Å². The second kappa shape index (κ2) is 12.4. The van der Waals surface area contributed by atoms with Crippen molar-refractivity contribution in [2.24, 2.45) is 4.99 Å². The second-order valence-electron chi connectivity index (χ2n) is 5.77. The van der Waals surface area contributed by atoms with Crippen LogP contribution in [-0.2, 0) is 5.75 Å². The zero-order valence-electron chi connectivity index (χ0n) is 14.7. The van der Waals surface area contributed by atoms with Gasteiger partial charge in [0.25, 0.3) is 0 Å². The largest absolute Gasteiger partial charge is 0.262 e. The zero-order chi connectivity index (χ0) is 17.7. The Bertz CT molecular complexity index is 630. The average molecular weight is 393 g/mol. The van der Waals surface area contributed by atoms with E-state index in [1.807, 2.05) is 42.2 Å². The molecule has 0 saturated heterocycles. The molecular weight excluding hydrogens is 368 g/mol. The van der Waals surface area contributed by atoms with Crippen molar-refractivity contribution in [2.75, 3.05) is 5.75 Å². The summed E-state index contributed by atoms with van der Waals surface area (Å²) in [6.45, 7) is 2.25. The quantitative estimate of drug-likeness (QED) is 0.253. The lowest BCUT2D eigenvalue weighted by atomic mass is 10.2. The average Bonchev–Trinajstić information content (AvgIpc) is 2.64. The molecule has 1 aromatic heterocycles. The summed E-state index contributed by atoms with van der Waals surface area (Å²) in [4.78, 5) is 8.93. The summed E-state index contributed by atoms with van der Waals surface area (Å²) in [5.41, 5.74) is 2.18. The second-order valence-corrected chi connectivity index (χ2v) is 8.51. The van der Waals surface area contributed by atoms with Gasteiger partial charge >= 0.3 is 0 Å². The lowest BCUT2D eigenvalue weighted by Crippen LogP contribution is -1.92. The van der Waals surface area contributed by atoms with Crippen molar-refractivity contribution in [2.45, 2.75) is 44.8 Å². The van der Waals surface area contributed by atoms with Gasteiger partial charge in [0.15, 0.2) is 0 Å². The van der Waals surface area contributed by atoms with Crippen LogP contribution < -0.4 is 0 Å². The van der Waals surface area contributed by atoms with Crippen LogP contribution in [0.25, 0.3) is 0 Å². The van der Waals surface area contributed by atoms with Crippen molar-refractivity contribution in [3.8, 4) is 0 Å². The molecule has 0 N–H and O–H groups in total. The standard InChI is InChI=1S/C20H25ClN2S2/c1-2-3-4-5-6-14-24-20(23-19-8-7-13-22-15-19)25-16-17-9-11-18(21)12-10-17/h7-13,15H,2-6,14,16H2,1H3. The molecule has 0 fully saturated rings. The van der Waals surface area contributed by atoms with Crippen molar-refractivity contribution in [1.29, 1.82) is 0 Å². The number of hydrogen-bond donors (Lipinski definition) is 0. The molecule has 0 spiro atoms. The lowest BCUT2D eigenvalue weighted by molar-refractivity contribution is 0.660. The maximum Gasteiger partial charge on any atom is 0.130 e. The zero-order valence-corrected chi connectivity index (χ0v) is 17.0. The summed E-state index contributed by atoms with van der Waals surface area (Å²) in [5, 5.41) is 0.777. The number of halogens is 1. The maximum atomic E-state index is 5.96. The summed E-state index contributed by atoms with van der Waals surface area (Å²) < 4.78 is 1.11. The SMILES string of the molecule is CCCCCCCSC(=Nc1cccnc1)SCc1ccc(Cl)cc1. The first-order valence-corrected chi connectivity index (χ1v) is 11.1. The van der Waals surface area contributed by atoms with Crippen molar-refractivity contribution < 1.29 is 0 Å². The molecule has 2 aromatic rings. The van der Waals surface area contributed by atoms with Crippen molar-refractivity contribution in [3.05, 3.63) is 59.4 Å². The molecule has 0 bridgehead atoms. The first-order valence-electron chi connectivity index (χ1n) is 8.76. The maximum absolute atomic E-state index is 5.96. The fourth-order valence-corrected chi connectivity index (χ4v) is 4.45. The third-order valence-corrected chi connectivity index (χ3v) is 6.22. The Morgan fingerprint density at radius 3 is 2.56 bits per heavy atom. The fraction of sp³-hybridized carbons (Fsp3) is 0.400. The van der Waals surface area contributed by atoms with Gasteiger partial charge in [-0.25, -0.2) is 4.99 Å². The minimum Gasteiger partial charge on any atom is -0.262 e. The van der Waals surface area contributed by atoms with E-state index in [0.717, 1.165) is 26.6 Å². The number of rotatable bonds is 9. The molecule has 0 saturated carbocycles. The van der Waals surface area contributed by atoms with Gasteiger partial charge < -0.3 is 0 Å². The molecule has 1 heterocycles. The first-order chi connectivity index (χ1) is 12.3. The number of benzene rings is 1. The van der Waals surface area contributed by atoms with E-state index in [9.17, 15) is 0 Å². The molecule has 0 aliphatic carbocycles. The van der Waals surface area contributed by atoms with Gasteiger partial charge in [-0.1, -0.05) is 79.9 Å².